The van der Waals surface area contributed by atoms with Crippen LogP contribution in [0.3, 0.4) is 0 Å². The van der Waals surface area contributed by atoms with Gasteiger partial charge < -0.3 is 14.8 Å². The molecule has 1 heterocycles. The Balaban J connectivity index is 1.62. The summed E-state index contributed by atoms with van der Waals surface area (Å²) in [4.78, 5) is 12.8. The van der Waals surface area contributed by atoms with E-state index in [0.29, 0.717) is 29.2 Å². The lowest BCUT2D eigenvalue weighted by atomic mass is 9.88. The maximum absolute atomic E-state index is 13.4. The van der Waals surface area contributed by atoms with E-state index in [1.54, 1.807) is 54.6 Å². The first kappa shape index (κ1) is 24.4. The topological polar surface area (TPSA) is 47.6 Å². The molecular weight excluding hydrogens is 476 g/mol. The van der Waals surface area contributed by atoms with E-state index in [4.69, 9.17) is 9.47 Å². The van der Waals surface area contributed by atoms with Crippen LogP contribution in [0.2, 0.25) is 0 Å². The van der Waals surface area contributed by atoms with Gasteiger partial charge in [-0.05, 0) is 41.5 Å². The summed E-state index contributed by atoms with van der Waals surface area (Å²) in [5, 5.41) is 2.59. The quantitative estimate of drug-likeness (QED) is 0.455. The lowest BCUT2D eigenvalue weighted by Gasteiger charge is -2.27. The Bertz CT molecular complexity index is 1160. The second kappa shape index (κ2) is 9.52. The molecule has 0 saturated carbocycles. The van der Waals surface area contributed by atoms with Crippen molar-refractivity contribution in [1.29, 1.82) is 0 Å². The van der Waals surface area contributed by atoms with Crippen LogP contribution in [0.25, 0.3) is 0 Å². The Morgan fingerprint density at radius 1 is 0.829 bits per heavy atom. The SMILES string of the molecule is O=C(NCC(c1ccccc1)c1cc(C(F)(F)F)cc(C(F)(F)F)c1)C1COc2ccccc2O1. The molecule has 4 nitrogen and oxygen atoms in total. The summed E-state index contributed by atoms with van der Waals surface area (Å²) in [6.45, 7) is -0.358. The van der Waals surface area contributed by atoms with Crippen LogP contribution in [0.4, 0.5) is 26.3 Å². The minimum absolute atomic E-state index is 0.0782. The summed E-state index contributed by atoms with van der Waals surface area (Å²) in [6.07, 6.45) is -11.0. The zero-order valence-electron chi connectivity index (χ0n) is 18.0. The number of para-hydroxylation sites is 2. The Morgan fingerprint density at radius 3 is 2.00 bits per heavy atom. The molecule has 2 unspecified atom stereocenters. The molecule has 1 aliphatic rings. The van der Waals surface area contributed by atoms with Crippen LogP contribution in [0, 0.1) is 0 Å². The summed E-state index contributed by atoms with van der Waals surface area (Å²) < 4.78 is 91.6. The second-order valence-electron chi connectivity index (χ2n) is 7.91. The second-order valence-corrected chi connectivity index (χ2v) is 7.91. The van der Waals surface area contributed by atoms with Gasteiger partial charge in [-0.1, -0.05) is 42.5 Å². The normalized spacial score (nSPS) is 16.5. The maximum atomic E-state index is 13.4. The number of carbonyl (C=O) groups is 1. The van der Waals surface area contributed by atoms with Gasteiger partial charge in [0, 0.05) is 12.5 Å². The molecule has 1 aliphatic heterocycles. The van der Waals surface area contributed by atoms with Crippen LogP contribution >= 0.6 is 0 Å². The summed E-state index contributed by atoms with van der Waals surface area (Å²) in [6, 6.07) is 16.2. The molecule has 35 heavy (non-hydrogen) atoms. The summed E-state index contributed by atoms with van der Waals surface area (Å²) in [5.74, 6) is -0.780. The molecule has 0 saturated heterocycles. The number of hydrogen-bond donors (Lipinski definition) is 1. The first-order valence-electron chi connectivity index (χ1n) is 10.5. The van der Waals surface area contributed by atoms with Crippen molar-refractivity contribution in [2.45, 2.75) is 24.4 Å². The van der Waals surface area contributed by atoms with Crippen molar-refractivity contribution in [3.05, 3.63) is 95.1 Å². The fourth-order valence-electron chi connectivity index (χ4n) is 3.76. The van der Waals surface area contributed by atoms with Crippen molar-refractivity contribution in [2.24, 2.45) is 0 Å². The zero-order valence-corrected chi connectivity index (χ0v) is 18.0. The third-order valence-electron chi connectivity index (χ3n) is 5.50. The smallest absolute Gasteiger partial charge is 0.416 e. The minimum atomic E-state index is -4.98. The molecule has 0 bridgehead atoms. The standard InChI is InChI=1S/C25H19F6NO3/c26-24(27,28)17-10-16(11-18(12-17)25(29,30)31)19(15-6-2-1-3-7-15)13-32-23(33)22-14-34-20-8-4-5-9-21(20)35-22/h1-12,19,22H,13-14H2,(H,32,33). The molecule has 0 fully saturated rings. The van der Waals surface area contributed by atoms with Gasteiger partial charge in [0.05, 0.1) is 11.1 Å². The van der Waals surface area contributed by atoms with Crippen molar-refractivity contribution < 1.29 is 40.6 Å². The van der Waals surface area contributed by atoms with Gasteiger partial charge >= 0.3 is 12.4 Å². The third kappa shape index (κ3) is 5.70. The van der Waals surface area contributed by atoms with Gasteiger partial charge in [-0.2, -0.15) is 26.3 Å². The molecule has 0 aliphatic carbocycles. The molecule has 3 aromatic carbocycles. The molecule has 0 spiro atoms. The first-order chi connectivity index (χ1) is 16.5. The van der Waals surface area contributed by atoms with E-state index in [-0.39, 0.29) is 24.8 Å². The lowest BCUT2D eigenvalue weighted by Crippen LogP contribution is -2.45. The Hall–Kier alpha value is -3.69. The molecular formula is C25H19F6NO3. The first-order valence-corrected chi connectivity index (χ1v) is 10.5. The fraction of sp³-hybridized carbons (Fsp3) is 0.240. The van der Waals surface area contributed by atoms with E-state index in [0.717, 1.165) is 0 Å². The number of hydrogen-bond acceptors (Lipinski definition) is 3. The van der Waals surface area contributed by atoms with Crippen LogP contribution in [0.5, 0.6) is 11.5 Å². The van der Waals surface area contributed by atoms with Gasteiger partial charge in [-0.15, -0.1) is 0 Å². The van der Waals surface area contributed by atoms with Crippen molar-refractivity contribution in [3.8, 4) is 11.5 Å². The van der Waals surface area contributed by atoms with Crippen molar-refractivity contribution >= 4 is 5.91 Å². The van der Waals surface area contributed by atoms with Crippen LogP contribution in [-0.2, 0) is 17.1 Å². The maximum Gasteiger partial charge on any atom is 0.416 e. The fourth-order valence-corrected chi connectivity index (χ4v) is 3.76. The van der Waals surface area contributed by atoms with E-state index in [1.807, 2.05) is 0 Å². The van der Waals surface area contributed by atoms with Gasteiger partial charge in [-0.3, -0.25) is 4.79 Å². The molecule has 10 heteroatoms. The van der Waals surface area contributed by atoms with E-state index < -0.39 is 41.4 Å². The summed E-state index contributed by atoms with van der Waals surface area (Å²) >= 11 is 0. The molecule has 2 atom stereocenters. The number of halogens is 6. The van der Waals surface area contributed by atoms with Crippen LogP contribution in [-0.4, -0.2) is 25.2 Å². The van der Waals surface area contributed by atoms with Gasteiger partial charge in [0.1, 0.15) is 6.61 Å². The van der Waals surface area contributed by atoms with Crippen LogP contribution < -0.4 is 14.8 Å². The zero-order chi connectivity index (χ0) is 25.2. The number of amides is 1. The Kier molecular flexibility index (Phi) is 6.64. The molecule has 0 radical (unpaired) electrons. The van der Waals surface area contributed by atoms with Crippen LogP contribution in [0.15, 0.2) is 72.8 Å². The predicted molar refractivity (Wildman–Crippen MR) is 114 cm³/mol. The van der Waals surface area contributed by atoms with Gasteiger partial charge in [-0.25, -0.2) is 0 Å². The van der Waals surface area contributed by atoms with Crippen molar-refractivity contribution in [3.63, 3.8) is 0 Å². The number of fused-ring (bicyclic) bond motifs is 1. The third-order valence-corrected chi connectivity index (χ3v) is 5.50. The highest BCUT2D eigenvalue weighted by Crippen LogP contribution is 2.39. The Labute approximate surface area is 196 Å². The Morgan fingerprint density at radius 2 is 1.40 bits per heavy atom. The van der Waals surface area contributed by atoms with Gasteiger partial charge in [0.15, 0.2) is 11.5 Å². The highest BCUT2D eigenvalue weighted by Gasteiger charge is 2.38. The predicted octanol–water partition coefficient (Wildman–Crippen LogP) is 5.81. The van der Waals surface area contributed by atoms with E-state index >= 15 is 0 Å². The van der Waals surface area contributed by atoms with Crippen LogP contribution in [0.1, 0.15) is 28.2 Å². The van der Waals surface area contributed by atoms with Crippen molar-refractivity contribution in [2.75, 3.05) is 13.2 Å². The number of benzene rings is 3. The summed E-state index contributed by atoms with van der Waals surface area (Å²) in [7, 11) is 0. The molecule has 0 aromatic heterocycles. The number of alkyl halides is 6. The largest absolute Gasteiger partial charge is 0.485 e. The lowest BCUT2D eigenvalue weighted by molar-refractivity contribution is -0.143. The van der Waals surface area contributed by atoms with E-state index in [9.17, 15) is 31.1 Å². The molecule has 3 aromatic rings. The molecule has 1 amide bonds. The van der Waals surface area contributed by atoms with Gasteiger partial charge in [0.2, 0.25) is 6.10 Å². The highest BCUT2D eigenvalue weighted by atomic mass is 19.4. The number of ether oxygens (including phenoxy) is 2. The molecule has 1 N–H and O–H groups in total. The van der Waals surface area contributed by atoms with E-state index in [2.05, 4.69) is 5.32 Å². The number of nitrogens with one attached hydrogen (secondary N) is 1. The minimum Gasteiger partial charge on any atom is -0.485 e. The average Bonchev–Trinajstić information content (AvgIpc) is 2.83. The monoisotopic (exact) mass is 495 g/mol. The van der Waals surface area contributed by atoms with Gasteiger partial charge in [0.25, 0.3) is 5.91 Å². The summed E-state index contributed by atoms with van der Waals surface area (Å²) in [5.41, 5.74) is -2.64. The highest BCUT2D eigenvalue weighted by molar-refractivity contribution is 5.81. The molecule has 184 valence electrons. The number of carbonyl (C=O) groups excluding carboxylic acids is 1. The average molecular weight is 495 g/mol. The number of rotatable bonds is 5. The van der Waals surface area contributed by atoms with Crippen molar-refractivity contribution in [1.82, 2.24) is 5.32 Å². The molecule has 4 rings (SSSR count). The van der Waals surface area contributed by atoms with E-state index in [1.165, 1.54) is 0 Å².